The molecule has 0 aromatic heterocycles. The van der Waals surface area contributed by atoms with Gasteiger partial charge in [0, 0.05) is 19.0 Å². The molecule has 20 heavy (non-hydrogen) atoms. The summed E-state index contributed by atoms with van der Waals surface area (Å²) in [6.07, 6.45) is 0.437. The normalized spacial score (nSPS) is 11.8. The summed E-state index contributed by atoms with van der Waals surface area (Å²) >= 11 is 0. The van der Waals surface area contributed by atoms with Gasteiger partial charge in [0.1, 0.15) is 11.6 Å². The van der Waals surface area contributed by atoms with E-state index in [4.69, 9.17) is 5.11 Å². The highest BCUT2D eigenvalue weighted by Gasteiger charge is 2.10. The topological polar surface area (TPSA) is 78.4 Å². The predicted octanol–water partition coefficient (Wildman–Crippen LogP) is 2.59. The van der Waals surface area contributed by atoms with Crippen molar-refractivity contribution in [2.24, 2.45) is 5.92 Å². The summed E-state index contributed by atoms with van der Waals surface area (Å²) < 4.78 is 26.2. The van der Waals surface area contributed by atoms with Crippen LogP contribution in [0, 0.1) is 17.6 Å². The zero-order chi connectivity index (χ0) is 15.1. The molecule has 0 aliphatic carbocycles. The standard InChI is InChI=1S/C13H16F2N2O3/c1-8(2-5-12(18)19)7-16-13(20)17-11-6-9(14)3-4-10(11)15/h3-4,6,8H,2,5,7H2,1H3,(H,18,19)(H2,16,17,20). The van der Waals surface area contributed by atoms with E-state index in [2.05, 4.69) is 10.6 Å². The van der Waals surface area contributed by atoms with Gasteiger partial charge in [0.2, 0.25) is 0 Å². The number of urea groups is 1. The molecule has 0 heterocycles. The van der Waals surface area contributed by atoms with E-state index in [1.165, 1.54) is 0 Å². The monoisotopic (exact) mass is 286 g/mol. The number of amides is 2. The fourth-order valence-electron chi connectivity index (χ4n) is 1.50. The maximum atomic E-state index is 13.3. The number of rotatable bonds is 6. The summed E-state index contributed by atoms with van der Waals surface area (Å²) in [6.45, 7) is 2.03. The second kappa shape index (κ2) is 7.42. The van der Waals surface area contributed by atoms with Gasteiger partial charge in [-0.25, -0.2) is 13.6 Å². The van der Waals surface area contributed by atoms with Gasteiger partial charge in [-0.15, -0.1) is 0 Å². The minimum absolute atomic E-state index is 0.0169. The third-order valence-electron chi connectivity index (χ3n) is 2.64. The van der Waals surface area contributed by atoms with Crippen molar-refractivity contribution in [3.05, 3.63) is 29.8 Å². The number of carboxylic acid groups (broad SMARTS) is 1. The number of carbonyl (C=O) groups is 2. The number of aliphatic carboxylic acids is 1. The summed E-state index contributed by atoms with van der Waals surface area (Å²) in [5, 5.41) is 13.2. The summed E-state index contributed by atoms with van der Waals surface area (Å²) in [5.41, 5.74) is -0.249. The molecule has 0 saturated heterocycles. The largest absolute Gasteiger partial charge is 0.481 e. The lowest BCUT2D eigenvalue weighted by atomic mass is 10.1. The summed E-state index contributed by atoms with van der Waals surface area (Å²) in [4.78, 5) is 21.9. The van der Waals surface area contributed by atoms with Crippen LogP contribution in [0.5, 0.6) is 0 Å². The van der Waals surface area contributed by atoms with E-state index in [0.29, 0.717) is 6.42 Å². The van der Waals surface area contributed by atoms with Crippen LogP contribution in [0.15, 0.2) is 18.2 Å². The minimum atomic E-state index is -0.900. The molecule has 1 rings (SSSR count). The number of hydrogen-bond acceptors (Lipinski definition) is 2. The highest BCUT2D eigenvalue weighted by Crippen LogP contribution is 2.15. The van der Waals surface area contributed by atoms with Crippen molar-refractivity contribution >= 4 is 17.7 Å². The Balaban J connectivity index is 2.40. The quantitative estimate of drug-likeness (QED) is 0.752. The molecule has 2 amide bonds. The van der Waals surface area contributed by atoms with Crippen molar-refractivity contribution in [2.75, 3.05) is 11.9 Å². The number of hydrogen-bond donors (Lipinski definition) is 3. The molecule has 0 aliphatic heterocycles. The van der Waals surface area contributed by atoms with Crippen LogP contribution in [-0.4, -0.2) is 23.7 Å². The van der Waals surface area contributed by atoms with Crippen molar-refractivity contribution in [1.82, 2.24) is 5.32 Å². The highest BCUT2D eigenvalue weighted by molar-refractivity contribution is 5.89. The zero-order valence-electron chi connectivity index (χ0n) is 11.0. The van der Waals surface area contributed by atoms with Gasteiger partial charge in [0.25, 0.3) is 0 Å². The molecule has 5 nitrogen and oxygen atoms in total. The third-order valence-corrected chi connectivity index (χ3v) is 2.64. The molecule has 1 atom stereocenters. The molecule has 0 bridgehead atoms. The minimum Gasteiger partial charge on any atom is -0.481 e. The van der Waals surface area contributed by atoms with E-state index >= 15 is 0 Å². The Hall–Kier alpha value is -2.18. The van der Waals surface area contributed by atoms with Crippen LogP contribution < -0.4 is 10.6 Å². The molecule has 3 N–H and O–H groups in total. The maximum absolute atomic E-state index is 13.3. The Morgan fingerprint density at radius 1 is 1.35 bits per heavy atom. The van der Waals surface area contributed by atoms with E-state index in [1.807, 2.05) is 0 Å². The van der Waals surface area contributed by atoms with Gasteiger partial charge in [0.05, 0.1) is 5.69 Å². The van der Waals surface area contributed by atoms with E-state index in [0.717, 1.165) is 18.2 Å². The van der Waals surface area contributed by atoms with Gasteiger partial charge in [-0.3, -0.25) is 4.79 Å². The first-order valence-electron chi connectivity index (χ1n) is 6.10. The SMILES string of the molecule is CC(CCC(=O)O)CNC(=O)Nc1cc(F)ccc1F. The van der Waals surface area contributed by atoms with E-state index in [9.17, 15) is 18.4 Å². The van der Waals surface area contributed by atoms with Crippen LogP contribution >= 0.6 is 0 Å². The van der Waals surface area contributed by atoms with E-state index in [-0.39, 0.29) is 24.6 Å². The van der Waals surface area contributed by atoms with Crippen LogP contribution in [0.25, 0.3) is 0 Å². The second-order valence-electron chi connectivity index (χ2n) is 4.50. The molecular formula is C13H16F2N2O3. The van der Waals surface area contributed by atoms with Crippen LogP contribution in [0.3, 0.4) is 0 Å². The lowest BCUT2D eigenvalue weighted by Crippen LogP contribution is -2.32. The molecule has 1 unspecified atom stereocenters. The fourth-order valence-corrected chi connectivity index (χ4v) is 1.50. The van der Waals surface area contributed by atoms with E-state index < -0.39 is 23.6 Å². The molecule has 110 valence electrons. The van der Waals surface area contributed by atoms with Gasteiger partial charge in [-0.2, -0.15) is 0 Å². The van der Waals surface area contributed by atoms with Gasteiger partial charge in [-0.1, -0.05) is 6.92 Å². The van der Waals surface area contributed by atoms with Gasteiger partial charge in [-0.05, 0) is 24.5 Å². The van der Waals surface area contributed by atoms with Gasteiger partial charge >= 0.3 is 12.0 Å². The Kier molecular flexibility index (Phi) is 5.89. The number of nitrogens with one attached hydrogen (secondary N) is 2. The summed E-state index contributed by atoms with van der Waals surface area (Å²) in [7, 11) is 0. The summed E-state index contributed by atoms with van der Waals surface area (Å²) in [6, 6.07) is 2.08. The number of carboxylic acids is 1. The van der Waals surface area contributed by atoms with Crippen LogP contribution in [0.1, 0.15) is 19.8 Å². The van der Waals surface area contributed by atoms with Crippen molar-refractivity contribution in [1.29, 1.82) is 0 Å². The Labute approximate surface area is 115 Å². The van der Waals surface area contributed by atoms with Crippen molar-refractivity contribution < 1.29 is 23.5 Å². The average Bonchev–Trinajstić information content (AvgIpc) is 2.38. The fraction of sp³-hybridized carbons (Fsp3) is 0.385. The number of carbonyl (C=O) groups excluding carboxylic acids is 1. The van der Waals surface area contributed by atoms with Crippen LogP contribution in [-0.2, 0) is 4.79 Å². The van der Waals surface area contributed by atoms with Gasteiger partial charge < -0.3 is 15.7 Å². The Morgan fingerprint density at radius 3 is 2.70 bits per heavy atom. The Morgan fingerprint density at radius 2 is 2.05 bits per heavy atom. The van der Waals surface area contributed by atoms with Crippen LogP contribution in [0.2, 0.25) is 0 Å². The molecule has 0 fully saturated rings. The number of halogens is 2. The van der Waals surface area contributed by atoms with Gasteiger partial charge in [0.15, 0.2) is 0 Å². The number of benzene rings is 1. The van der Waals surface area contributed by atoms with Crippen molar-refractivity contribution in [3.63, 3.8) is 0 Å². The molecule has 0 saturated carbocycles. The highest BCUT2D eigenvalue weighted by atomic mass is 19.1. The first-order valence-corrected chi connectivity index (χ1v) is 6.10. The first kappa shape index (κ1) is 15.9. The molecule has 7 heteroatoms. The third kappa shape index (κ3) is 5.64. The predicted molar refractivity (Wildman–Crippen MR) is 69.4 cm³/mol. The Bertz CT molecular complexity index is 495. The van der Waals surface area contributed by atoms with E-state index in [1.54, 1.807) is 6.92 Å². The molecular weight excluding hydrogens is 270 g/mol. The first-order chi connectivity index (χ1) is 9.38. The second-order valence-corrected chi connectivity index (χ2v) is 4.50. The molecule has 0 aliphatic rings. The van der Waals surface area contributed by atoms with Crippen molar-refractivity contribution in [3.8, 4) is 0 Å². The molecule has 1 aromatic rings. The van der Waals surface area contributed by atoms with Crippen LogP contribution in [0.4, 0.5) is 19.3 Å². The zero-order valence-corrected chi connectivity index (χ0v) is 11.0. The smallest absolute Gasteiger partial charge is 0.319 e. The van der Waals surface area contributed by atoms with Crippen molar-refractivity contribution in [2.45, 2.75) is 19.8 Å². The molecule has 0 radical (unpaired) electrons. The molecule has 1 aromatic carbocycles. The number of anilines is 1. The summed E-state index contributed by atoms with van der Waals surface area (Å²) in [5.74, 6) is -2.32. The lowest BCUT2D eigenvalue weighted by Gasteiger charge is -2.12. The lowest BCUT2D eigenvalue weighted by molar-refractivity contribution is -0.137. The maximum Gasteiger partial charge on any atom is 0.319 e. The average molecular weight is 286 g/mol. The molecule has 0 spiro atoms.